The topological polar surface area (TPSA) is 482 Å². The van der Waals surface area contributed by atoms with Crippen LogP contribution in [-0.4, -0.2) is 277 Å². The lowest BCUT2D eigenvalue weighted by Gasteiger charge is -2.42. The van der Waals surface area contributed by atoms with Crippen molar-refractivity contribution in [3.8, 4) is 32.6 Å². The van der Waals surface area contributed by atoms with Crippen molar-refractivity contribution in [2.24, 2.45) is 17.8 Å². The second kappa shape index (κ2) is 33.9. The highest BCUT2D eigenvalue weighted by atomic mass is 32.3. The number of piperazine rings is 1. The summed E-state index contributed by atoms with van der Waals surface area (Å²) in [4.78, 5) is 109. The maximum absolute atomic E-state index is 15.0. The Labute approximate surface area is 577 Å². The molecule has 1 aliphatic carbocycles. The summed E-state index contributed by atoms with van der Waals surface area (Å²) in [5.41, 5.74) is 2.55. The van der Waals surface area contributed by atoms with E-state index >= 15 is 4.79 Å². The highest BCUT2D eigenvalue weighted by Crippen LogP contribution is 2.41. The molecule has 13 atom stereocenters. The molecule has 4 aromatic rings. The highest BCUT2D eigenvalue weighted by molar-refractivity contribution is 8.15. The first kappa shape index (κ1) is 75.9. The van der Waals surface area contributed by atoms with E-state index in [-0.39, 0.29) is 37.2 Å². The molecule has 9 rings (SSSR count). The standard InChI is InChI=1S/C65H92N12O20S2/c1-34-4-13-42(14-5-34)74-20-22-75(23-21-74)43-15-11-41(12-16-43)63-73-72-62(98-63)40-9-7-39(8-10-40)57(87)68-46-26-44(81)29-67-61(91)55-56(86)35(2)30-77(55)65(93)54(49(84)18-19-66-28-38(32-78)33-79)71-60(90)53(50(85)24-37-6-17-48(83)51(25-37)97-99(94,95)96)70-59(89)47-27-45(82)31-76(47)64(92)52(36(3)80)69-58(46)88/h6-12,15-17,25,34-36,38,42,44-47,49-50,52-56,66,78-86,94-96H,4-5,13-14,18-24,26-33H2,1-3H3,(H,67,91)(H,68,87)(H,69,88)(H,70,89)(H,71,90)/t34?,35-,36+,42?,44+,45+,46-,47-,49+,50+,52-,53-,54-,55-,56-/m0/s1. The van der Waals surface area contributed by atoms with Crippen molar-refractivity contribution < 1.29 is 97.4 Å². The van der Waals surface area contributed by atoms with E-state index in [0.717, 1.165) is 72.2 Å². The molecule has 34 heteroatoms. The van der Waals surface area contributed by atoms with Crippen molar-refractivity contribution in [1.29, 1.82) is 0 Å². The number of hydrogen-bond acceptors (Lipinski definition) is 26. The summed E-state index contributed by atoms with van der Waals surface area (Å²) in [7, 11) is 0. The summed E-state index contributed by atoms with van der Waals surface area (Å²) in [5, 5.41) is 124. The molecule has 1 aromatic heterocycles. The average Bonchev–Trinajstić information content (AvgIpc) is 1.69. The highest BCUT2D eigenvalue weighted by Gasteiger charge is 2.50. The first-order valence-corrected chi connectivity index (χ1v) is 35.5. The second-order valence-electron chi connectivity index (χ2n) is 26.5. The van der Waals surface area contributed by atoms with E-state index in [9.17, 15) is 88.4 Å². The van der Waals surface area contributed by atoms with E-state index in [1.165, 1.54) is 62.1 Å². The molecule has 5 aliphatic rings. The van der Waals surface area contributed by atoms with Crippen LogP contribution in [0.1, 0.15) is 81.6 Å². The number of benzene rings is 3. The normalized spacial score (nSPS) is 27.8. The number of rotatable bonds is 20. The third kappa shape index (κ3) is 19.4. The molecule has 99 heavy (non-hydrogen) atoms. The van der Waals surface area contributed by atoms with Gasteiger partial charge in [0.15, 0.2) is 11.5 Å². The largest absolute Gasteiger partial charge is 0.504 e. The molecule has 4 aliphatic heterocycles. The molecule has 0 unspecified atom stereocenters. The van der Waals surface area contributed by atoms with Gasteiger partial charge >= 0.3 is 0 Å². The molecule has 5 fully saturated rings. The van der Waals surface area contributed by atoms with Crippen molar-refractivity contribution in [2.45, 2.75) is 151 Å². The number of nitrogens with one attached hydrogen (secondary N) is 6. The first-order chi connectivity index (χ1) is 47.1. The van der Waals surface area contributed by atoms with E-state index < -0.39 is 194 Å². The number of carbonyl (C=O) groups excluding carboxylic acids is 7. The SMILES string of the molecule is CC1CCC(N2CCN(c3ccc(-c4nnc(-c5ccc(C(=O)N[C@H]6C[C@@H](O)CNC(=O)[C@@H]7[C@@H](O)[C@@H](C)CN7C(=O)[C@H]([C@H](O)CCNCC(CO)CO)NC(=O)[C@H]([C@H](O)Cc7ccc(O)c(OS(O)(O)O)c7)NC(=O)[C@@H]7C[C@@H](O)CN7C(=O)[C@H]([C@@H](C)O)NC6=O)cc5)s4)cc3)CC2)CC1. The lowest BCUT2D eigenvalue weighted by Crippen LogP contribution is -2.64. The van der Waals surface area contributed by atoms with Gasteiger partial charge in [0.25, 0.3) is 17.1 Å². The zero-order valence-electron chi connectivity index (χ0n) is 55.2. The Morgan fingerprint density at radius 2 is 1.33 bits per heavy atom. The number of aromatic nitrogens is 2. The van der Waals surface area contributed by atoms with Crippen LogP contribution in [0.15, 0.2) is 66.7 Å². The van der Waals surface area contributed by atoms with Crippen LogP contribution in [0.4, 0.5) is 5.69 Å². The van der Waals surface area contributed by atoms with Gasteiger partial charge in [-0.1, -0.05) is 43.4 Å². The van der Waals surface area contributed by atoms with Crippen molar-refractivity contribution in [1.82, 2.24) is 56.8 Å². The smallest absolute Gasteiger partial charge is 0.266 e. The summed E-state index contributed by atoms with van der Waals surface area (Å²) in [5.74, 6) is -10.2. The molecule has 7 amide bonds. The zero-order valence-corrected chi connectivity index (χ0v) is 56.8. The van der Waals surface area contributed by atoms with Gasteiger partial charge in [-0.05, 0) is 106 Å². The quantitative estimate of drug-likeness (QED) is 0.0440. The van der Waals surface area contributed by atoms with Gasteiger partial charge in [-0.3, -0.25) is 52.1 Å². The van der Waals surface area contributed by atoms with Crippen LogP contribution in [0.5, 0.6) is 11.5 Å². The molecule has 0 bridgehead atoms. The summed E-state index contributed by atoms with van der Waals surface area (Å²) in [6.07, 6.45) is -7.81. The number of aliphatic hydroxyl groups excluding tert-OH is 8. The molecule has 1 saturated carbocycles. The number of aliphatic hydroxyl groups is 8. The van der Waals surface area contributed by atoms with Crippen LogP contribution >= 0.6 is 22.5 Å². The van der Waals surface area contributed by atoms with E-state index in [1.54, 1.807) is 12.1 Å². The Morgan fingerprint density at radius 3 is 1.96 bits per heavy atom. The molecule has 32 nitrogen and oxygen atoms in total. The number of hydrogen-bond donors (Lipinski definition) is 18. The Morgan fingerprint density at radius 1 is 0.717 bits per heavy atom. The van der Waals surface area contributed by atoms with Gasteiger partial charge in [-0.15, -0.1) is 10.2 Å². The monoisotopic (exact) mass is 1420 g/mol. The lowest BCUT2D eigenvalue weighted by molar-refractivity contribution is -0.147. The van der Waals surface area contributed by atoms with E-state index in [1.807, 2.05) is 12.1 Å². The summed E-state index contributed by atoms with van der Waals surface area (Å²) in [6, 6.07) is 6.50. The lowest BCUT2D eigenvalue weighted by atomic mass is 9.86. The van der Waals surface area contributed by atoms with Gasteiger partial charge in [0.05, 0.1) is 36.6 Å². The minimum Gasteiger partial charge on any atom is -0.504 e. The van der Waals surface area contributed by atoms with Crippen LogP contribution < -0.4 is 41.0 Å². The second-order valence-corrected chi connectivity index (χ2v) is 28.6. The predicted octanol–water partition coefficient (Wildman–Crippen LogP) is -1.68. The van der Waals surface area contributed by atoms with Crippen LogP contribution in [0.3, 0.4) is 0 Å². The fourth-order valence-corrected chi connectivity index (χ4v) is 14.5. The number of carbonyl (C=O) groups is 7. The molecule has 4 saturated heterocycles. The number of fused-ring (bicyclic) bond motifs is 2. The average molecular weight is 1430 g/mol. The Hall–Kier alpha value is -7.26. The van der Waals surface area contributed by atoms with Crippen LogP contribution in [0, 0.1) is 17.8 Å². The van der Waals surface area contributed by atoms with Crippen LogP contribution in [0.2, 0.25) is 0 Å². The van der Waals surface area contributed by atoms with Crippen LogP contribution in [-0.2, 0) is 35.2 Å². The molecule has 5 heterocycles. The Balaban J connectivity index is 0.967. The molecular formula is C65H92N12O20S2. The van der Waals surface area contributed by atoms with Crippen molar-refractivity contribution in [3.63, 3.8) is 0 Å². The third-order valence-corrected chi connectivity index (χ3v) is 20.5. The maximum atomic E-state index is 15.0. The first-order valence-electron chi connectivity index (χ1n) is 33.3. The Kier molecular flexibility index (Phi) is 26.0. The number of β-amino-alcohol motifs (C(OH)–C–C–N with tert-alkyl or cyclic N) is 1. The van der Waals surface area contributed by atoms with Crippen molar-refractivity contribution >= 4 is 69.5 Å². The Bertz CT molecular complexity index is 3420. The van der Waals surface area contributed by atoms with E-state index in [2.05, 4.69) is 75.1 Å². The van der Waals surface area contributed by atoms with Gasteiger partial charge in [0.1, 0.15) is 46.3 Å². The fraction of sp³-hybridized carbons (Fsp3) is 0.585. The number of anilines is 1. The van der Waals surface area contributed by atoms with E-state index in [4.69, 9.17) is 0 Å². The minimum atomic E-state index is -4.74. The number of amides is 7. The number of phenols is 1. The molecule has 18 N–H and O–H groups in total. The van der Waals surface area contributed by atoms with Gasteiger partial charge in [0, 0.05) is 125 Å². The number of phenolic OH excluding ortho intramolecular Hbond substituents is 1. The summed E-state index contributed by atoms with van der Waals surface area (Å²) >= 11 is -3.41. The molecule has 544 valence electrons. The van der Waals surface area contributed by atoms with Crippen molar-refractivity contribution in [3.05, 3.63) is 77.9 Å². The molecule has 0 spiro atoms. The molecule has 0 radical (unpaired) electrons. The van der Waals surface area contributed by atoms with Crippen LogP contribution in [0.25, 0.3) is 21.1 Å². The van der Waals surface area contributed by atoms with Gasteiger partial charge in [-0.2, -0.15) is 0 Å². The van der Waals surface area contributed by atoms with E-state index in [0.29, 0.717) is 21.6 Å². The number of nitrogens with zero attached hydrogens (tertiary/aromatic N) is 6. The minimum absolute atomic E-state index is 0.0142. The van der Waals surface area contributed by atoms with Gasteiger partial charge < -0.3 is 96.7 Å². The maximum Gasteiger partial charge on any atom is 0.266 e. The third-order valence-electron chi connectivity index (χ3n) is 19.1. The zero-order chi connectivity index (χ0) is 71.6. The number of aromatic hydroxyl groups is 1. The fourth-order valence-electron chi connectivity index (χ4n) is 13.3. The predicted molar refractivity (Wildman–Crippen MR) is 360 cm³/mol. The summed E-state index contributed by atoms with van der Waals surface area (Å²) in [6.45, 7) is 6.25. The van der Waals surface area contributed by atoms with Gasteiger partial charge in [0.2, 0.25) is 35.4 Å². The summed E-state index contributed by atoms with van der Waals surface area (Å²) < 4.78 is 33.4. The van der Waals surface area contributed by atoms with Gasteiger partial charge in [-0.25, -0.2) is 0 Å². The van der Waals surface area contributed by atoms with Crippen molar-refractivity contribution in [2.75, 3.05) is 77.0 Å². The molecule has 3 aromatic carbocycles. The molecular weight excluding hydrogens is 1330 g/mol.